The van der Waals surface area contributed by atoms with Gasteiger partial charge in [-0.3, -0.25) is 9.59 Å². The molecule has 3 atom stereocenters. The average Bonchev–Trinajstić information content (AvgIpc) is 3.00. The van der Waals surface area contributed by atoms with Crippen LogP contribution in [-0.4, -0.2) is 46.5 Å². The highest BCUT2D eigenvalue weighted by Gasteiger charge is 2.47. The van der Waals surface area contributed by atoms with Crippen LogP contribution in [0.5, 0.6) is 5.75 Å². The van der Waals surface area contributed by atoms with E-state index in [0.717, 1.165) is 25.7 Å². The smallest absolute Gasteiger partial charge is 0.326 e. The van der Waals surface area contributed by atoms with Gasteiger partial charge in [0.15, 0.2) is 6.61 Å². The van der Waals surface area contributed by atoms with Crippen molar-refractivity contribution in [1.82, 2.24) is 4.90 Å². The minimum absolute atomic E-state index is 0.00998. The van der Waals surface area contributed by atoms with Crippen LogP contribution < -0.4 is 10.1 Å². The van der Waals surface area contributed by atoms with Gasteiger partial charge in [-0.15, -0.1) is 0 Å². The highest BCUT2D eigenvalue weighted by atomic mass is 16.5. The van der Waals surface area contributed by atoms with E-state index in [9.17, 15) is 19.5 Å². The van der Waals surface area contributed by atoms with E-state index in [0.29, 0.717) is 23.4 Å². The first-order valence-corrected chi connectivity index (χ1v) is 8.67. The molecule has 0 spiro atoms. The zero-order valence-electron chi connectivity index (χ0n) is 13.7. The molecule has 1 saturated carbocycles. The highest BCUT2D eigenvalue weighted by Crippen LogP contribution is 2.41. The summed E-state index contributed by atoms with van der Waals surface area (Å²) < 4.78 is 5.31. The number of hydrogen-bond acceptors (Lipinski definition) is 4. The molecule has 7 nitrogen and oxygen atoms in total. The molecule has 4 rings (SSSR count). The lowest BCUT2D eigenvalue weighted by atomic mass is 9.84. The molecular formula is C18H20N2O5. The molecule has 3 aliphatic rings. The summed E-state index contributed by atoms with van der Waals surface area (Å²) in [6.45, 7) is -0.0444. The number of benzene rings is 1. The molecule has 1 aromatic carbocycles. The van der Waals surface area contributed by atoms with Crippen molar-refractivity contribution in [3.63, 3.8) is 0 Å². The fourth-order valence-electron chi connectivity index (χ4n) is 4.34. The number of carboxylic acid groups (broad SMARTS) is 1. The second kappa shape index (κ2) is 6.06. The summed E-state index contributed by atoms with van der Waals surface area (Å²) in [5, 5.41) is 12.3. The minimum atomic E-state index is -0.947. The Hall–Kier alpha value is -2.57. The van der Waals surface area contributed by atoms with Crippen LogP contribution in [0.2, 0.25) is 0 Å². The predicted octanol–water partition coefficient (Wildman–Crippen LogP) is 1.88. The second-order valence-electron chi connectivity index (χ2n) is 6.96. The molecule has 25 heavy (non-hydrogen) atoms. The van der Waals surface area contributed by atoms with Crippen LogP contribution in [0.15, 0.2) is 18.2 Å². The Morgan fingerprint density at radius 1 is 1.24 bits per heavy atom. The Kier molecular flexibility index (Phi) is 3.86. The number of hydrogen-bond donors (Lipinski definition) is 2. The fourth-order valence-corrected chi connectivity index (χ4v) is 4.34. The average molecular weight is 344 g/mol. The largest absolute Gasteiger partial charge is 0.482 e. The maximum Gasteiger partial charge on any atom is 0.326 e. The van der Waals surface area contributed by atoms with E-state index >= 15 is 0 Å². The minimum Gasteiger partial charge on any atom is -0.482 e. The maximum absolute atomic E-state index is 13.1. The van der Waals surface area contributed by atoms with Gasteiger partial charge < -0.3 is 20.1 Å². The number of anilines is 1. The Morgan fingerprint density at radius 2 is 2.04 bits per heavy atom. The number of carbonyl (C=O) groups excluding carboxylic acids is 2. The molecule has 7 heteroatoms. The van der Waals surface area contributed by atoms with Crippen LogP contribution in [0.25, 0.3) is 0 Å². The lowest BCUT2D eigenvalue weighted by Crippen LogP contribution is -2.46. The number of nitrogens with zero attached hydrogens (tertiary/aromatic N) is 1. The third-order valence-electron chi connectivity index (χ3n) is 5.47. The van der Waals surface area contributed by atoms with Crippen LogP contribution in [0.1, 0.15) is 42.5 Å². The lowest BCUT2D eigenvalue weighted by Gasteiger charge is -2.33. The van der Waals surface area contributed by atoms with Gasteiger partial charge in [-0.2, -0.15) is 0 Å². The zero-order valence-corrected chi connectivity index (χ0v) is 13.7. The van der Waals surface area contributed by atoms with E-state index in [4.69, 9.17) is 4.74 Å². The number of likely N-dealkylation sites (tertiary alicyclic amines) is 1. The van der Waals surface area contributed by atoms with Gasteiger partial charge in [-0.25, -0.2) is 4.79 Å². The first-order valence-electron chi connectivity index (χ1n) is 8.67. The lowest BCUT2D eigenvalue weighted by molar-refractivity contribution is -0.141. The van der Waals surface area contributed by atoms with Gasteiger partial charge in [0.1, 0.15) is 11.8 Å². The van der Waals surface area contributed by atoms with Crippen LogP contribution >= 0.6 is 0 Å². The monoisotopic (exact) mass is 344 g/mol. The van der Waals surface area contributed by atoms with Crippen molar-refractivity contribution in [2.24, 2.45) is 5.92 Å². The van der Waals surface area contributed by atoms with E-state index in [1.165, 1.54) is 0 Å². The van der Waals surface area contributed by atoms with Crippen LogP contribution in [0, 0.1) is 5.92 Å². The summed E-state index contributed by atoms with van der Waals surface area (Å²) in [6.07, 6.45) is 4.47. The van der Waals surface area contributed by atoms with E-state index in [2.05, 4.69) is 5.32 Å². The molecule has 0 radical (unpaired) electrons. The Balaban J connectivity index is 1.65. The molecule has 132 valence electrons. The van der Waals surface area contributed by atoms with Gasteiger partial charge in [-0.05, 0) is 43.4 Å². The molecular weight excluding hydrogens is 324 g/mol. The van der Waals surface area contributed by atoms with Crippen molar-refractivity contribution in [3.8, 4) is 5.75 Å². The van der Waals surface area contributed by atoms with E-state index in [1.54, 1.807) is 23.1 Å². The molecule has 0 aromatic heterocycles. The molecule has 1 aromatic rings. The molecule has 2 N–H and O–H groups in total. The topological polar surface area (TPSA) is 95.9 Å². The first kappa shape index (κ1) is 15.9. The molecule has 2 heterocycles. The summed E-state index contributed by atoms with van der Waals surface area (Å²) >= 11 is 0. The molecule has 1 aliphatic carbocycles. The summed E-state index contributed by atoms with van der Waals surface area (Å²) in [7, 11) is 0. The normalized spacial score (nSPS) is 27.8. The number of carboxylic acids is 1. The van der Waals surface area contributed by atoms with Gasteiger partial charge >= 0.3 is 5.97 Å². The number of carbonyl (C=O) groups is 3. The Morgan fingerprint density at radius 3 is 2.84 bits per heavy atom. The van der Waals surface area contributed by atoms with Crippen molar-refractivity contribution in [2.45, 2.75) is 44.2 Å². The van der Waals surface area contributed by atoms with Gasteiger partial charge in [0.25, 0.3) is 11.8 Å². The number of aliphatic carboxylic acids is 1. The van der Waals surface area contributed by atoms with Crippen LogP contribution in [-0.2, 0) is 9.59 Å². The van der Waals surface area contributed by atoms with Crippen molar-refractivity contribution in [1.29, 1.82) is 0 Å². The van der Waals surface area contributed by atoms with Crippen molar-refractivity contribution >= 4 is 23.5 Å². The molecule has 2 fully saturated rings. The maximum atomic E-state index is 13.1. The predicted molar refractivity (Wildman–Crippen MR) is 88.5 cm³/mol. The standard InChI is InChI=1S/C18H20N2O5/c21-16-9-25-15-6-5-11(7-12(15)19-16)17(22)20-13-4-2-1-3-10(13)8-14(20)18(23)24/h5-7,10,13-14H,1-4,8-9H2,(H,19,21)(H,23,24). The molecule has 3 unspecified atom stereocenters. The van der Waals surface area contributed by atoms with Crippen molar-refractivity contribution in [2.75, 3.05) is 11.9 Å². The summed E-state index contributed by atoms with van der Waals surface area (Å²) in [4.78, 5) is 37.8. The van der Waals surface area contributed by atoms with E-state index in [1.807, 2.05) is 0 Å². The van der Waals surface area contributed by atoms with E-state index in [-0.39, 0.29) is 30.4 Å². The van der Waals surface area contributed by atoms with Crippen molar-refractivity contribution in [3.05, 3.63) is 23.8 Å². The van der Waals surface area contributed by atoms with Crippen LogP contribution in [0.4, 0.5) is 5.69 Å². The number of amides is 2. The van der Waals surface area contributed by atoms with Gasteiger partial charge in [0, 0.05) is 11.6 Å². The van der Waals surface area contributed by atoms with Gasteiger partial charge in [0.05, 0.1) is 5.69 Å². The third kappa shape index (κ3) is 2.73. The Labute approximate surface area is 144 Å². The molecule has 0 bridgehead atoms. The number of rotatable bonds is 2. The number of ether oxygens (including phenoxy) is 1. The second-order valence-corrected chi connectivity index (χ2v) is 6.96. The zero-order chi connectivity index (χ0) is 17.6. The number of fused-ring (bicyclic) bond motifs is 2. The SMILES string of the molecule is O=C1COc2ccc(C(=O)N3C(C(=O)O)CC4CCCCC43)cc2N1. The van der Waals surface area contributed by atoms with E-state index < -0.39 is 12.0 Å². The fraction of sp³-hybridized carbons (Fsp3) is 0.500. The highest BCUT2D eigenvalue weighted by molar-refractivity contribution is 6.01. The van der Waals surface area contributed by atoms with Gasteiger partial charge in [0.2, 0.25) is 0 Å². The Bertz CT molecular complexity index is 747. The third-order valence-corrected chi connectivity index (χ3v) is 5.47. The molecule has 2 amide bonds. The summed E-state index contributed by atoms with van der Waals surface area (Å²) in [5.74, 6) is -0.724. The molecule has 1 saturated heterocycles. The quantitative estimate of drug-likeness (QED) is 0.854. The van der Waals surface area contributed by atoms with Crippen LogP contribution in [0.3, 0.4) is 0 Å². The molecule has 2 aliphatic heterocycles. The van der Waals surface area contributed by atoms with Crippen molar-refractivity contribution < 1.29 is 24.2 Å². The number of nitrogens with one attached hydrogen (secondary N) is 1. The summed E-state index contributed by atoms with van der Waals surface area (Å²) in [6, 6.07) is 4.07. The van der Waals surface area contributed by atoms with Gasteiger partial charge in [-0.1, -0.05) is 12.8 Å². The first-order chi connectivity index (χ1) is 12.0. The summed E-state index contributed by atoms with van der Waals surface area (Å²) in [5.41, 5.74) is 0.829.